The summed E-state index contributed by atoms with van der Waals surface area (Å²) in [7, 11) is 4.35. The van der Waals surface area contributed by atoms with Gasteiger partial charge in [0.2, 0.25) is 0 Å². The molecule has 0 bridgehead atoms. The molecule has 0 aliphatic rings. The Morgan fingerprint density at radius 2 is 1.76 bits per heavy atom. The lowest BCUT2D eigenvalue weighted by Crippen LogP contribution is -2.25. The van der Waals surface area contributed by atoms with Crippen LogP contribution in [0.1, 0.15) is 45.6 Å². The first-order valence-electron chi connectivity index (χ1n) is 11.3. The first-order chi connectivity index (χ1) is 16.1. The number of nitrogens with two attached hydrogens (primary N) is 1. The molecule has 0 aliphatic carbocycles. The molecular formula is C26H38BrN3O3. The van der Waals surface area contributed by atoms with Crippen molar-refractivity contribution >= 4 is 38.2 Å². The number of nitrogen functional groups attached to an aromatic ring is 1. The lowest BCUT2D eigenvalue weighted by molar-refractivity contribution is 0.390. The summed E-state index contributed by atoms with van der Waals surface area (Å²) in [5.74, 6) is 1.59. The number of anilines is 2. The maximum atomic E-state index is 7.00. The highest BCUT2D eigenvalue weighted by molar-refractivity contribution is 9.10. The zero-order valence-corrected chi connectivity index (χ0v) is 22.3. The molecular weight excluding hydrogens is 482 g/mol. The van der Waals surface area contributed by atoms with Gasteiger partial charge in [-0.15, -0.1) is 0 Å². The third-order valence-corrected chi connectivity index (χ3v) is 5.53. The highest BCUT2D eigenvalue weighted by Crippen LogP contribution is 2.35. The quantitative estimate of drug-likeness (QED) is 0.317. The van der Waals surface area contributed by atoms with Gasteiger partial charge in [0.15, 0.2) is 0 Å². The van der Waals surface area contributed by atoms with Crippen LogP contribution < -0.4 is 20.1 Å². The Labute approximate surface area is 206 Å². The van der Waals surface area contributed by atoms with E-state index in [1.165, 1.54) is 12.8 Å². The molecule has 0 spiro atoms. The first kappa shape index (κ1) is 28.5. The molecule has 3 rings (SSSR count). The number of aromatic nitrogens is 1. The molecule has 33 heavy (non-hydrogen) atoms. The van der Waals surface area contributed by atoms with Gasteiger partial charge in [-0.25, -0.2) is 0 Å². The molecule has 2 aromatic carbocycles. The molecule has 0 aliphatic heterocycles. The van der Waals surface area contributed by atoms with Gasteiger partial charge in [-0.2, -0.15) is 0 Å². The second-order valence-corrected chi connectivity index (χ2v) is 7.95. The lowest BCUT2D eigenvalue weighted by atomic mass is 10.1. The predicted molar refractivity (Wildman–Crippen MR) is 143 cm³/mol. The van der Waals surface area contributed by atoms with E-state index in [0.29, 0.717) is 12.2 Å². The van der Waals surface area contributed by atoms with Crippen molar-refractivity contribution in [2.24, 2.45) is 0 Å². The van der Waals surface area contributed by atoms with Gasteiger partial charge >= 0.3 is 0 Å². The largest absolute Gasteiger partial charge is 0.497 e. The summed E-state index contributed by atoms with van der Waals surface area (Å²) in [6.07, 6.45) is 5.18. The SMILES string of the molecule is CC.CCCCCN(Cc1ccc(OC)cc1OC)c1c(N)cnc2cc(Br)ccc12.CO. The van der Waals surface area contributed by atoms with Crippen LogP contribution >= 0.6 is 15.9 Å². The fourth-order valence-corrected chi connectivity index (χ4v) is 3.88. The first-order valence-corrected chi connectivity index (χ1v) is 12.1. The second-order valence-electron chi connectivity index (χ2n) is 7.03. The van der Waals surface area contributed by atoms with Crippen LogP contribution in [0, 0.1) is 0 Å². The Kier molecular flexibility index (Phi) is 13.3. The van der Waals surface area contributed by atoms with Crippen LogP contribution in [0.3, 0.4) is 0 Å². The number of nitrogens with zero attached hydrogens (tertiary/aromatic N) is 2. The molecule has 0 atom stereocenters. The second kappa shape index (κ2) is 15.3. The average Bonchev–Trinajstić information content (AvgIpc) is 2.86. The maximum absolute atomic E-state index is 7.00. The molecule has 0 unspecified atom stereocenters. The highest BCUT2D eigenvalue weighted by Gasteiger charge is 2.17. The summed E-state index contributed by atoms with van der Waals surface area (Å²) in [4.78, 5) is 6.86. The van der Waals surface area contributed by atoms with Gasteiger partial charge in [-0.1, -0.05) is 49.5 Å². The molecule has 1 heterocycles. The lowest BCUT2D eigenvalue weighted by Gasteiger charge is -2.28. The van der Waals surface area contributed by atoms with E-state index < -0.39 is 0 Å². The molecule has 0 amide bonds. The summed E-state index contributed by atoms with van der Waals surface area (Å²) in [5, 5.41) is 8.05. The van der Waals surface area contributed by atoms with Crippen LogP contribution in [-0.2, 0) is 6.54 Å². The van der Waals surface area contributed by atoms with Crippen LogP contribution in [0.4, 0.5) is 11.4 Å². The summed E-state index contributed by atoms with van der Waals surface area (Å²) in [6.45, 7) is 7.81. The van der Waals surface area contributed by atoms with Gasteiger partial charge < -0.3 is 25.2 Å². The number of halogens is 1. The van der Waals surface area contributed by atoms with Crippen molar-refractivity contribution in [3.05, 3.63) is 52.6 Å². The number of hydrogen-bond acceptors (Lipinski definition) is 6. The molecule has 3 N–H and O–H groups in total. The van der Waals surface area contributed by atoms with Crippen LogP contribution in [-0.4, -0.2) is 38.0 Å². The van der Waals surface area contributed by atoms with E-state index in [0.717, 1.165) is 58.2 Å². The van der Waals surface area contributed by atoms with E-state index >= 15 is 0 Å². The van der Waals surface area contributed by atoms with Crippen molar-refractivity contribution in [2.75, 3.05) is 38.5 Å². The van der Waals surface area contributed by atoms with Crippen LogP contribution in [0.15, 0.2) is 47.1 Å². The Balaban J connectivity index is 0.00000129. The van der Waals surface area contributed by atoms with Crippen molar-refractivity contribution in [3.63, 3.8) is 0 Å². The number of rotatable bonds is 9. The third kappa shape index (κ3) is 7.79. The molecule has 0 saturated heterocycles. The number of aliphatic hydroxyl groups excluding tert-OH is 1. The molecule has 182 valence electrons. The topological polar surface area (TPSA) is 80.8 Å². The van der Waals surface area contributed by atoms with E-state index in [1.54, 1.807) is 20.4 Å². The fourth-order valence-electron chi connectivity index (χ4n) is 3.53. The number of pyridine rings is 1. The Bertz CT molecular complexity index is 982. The number of hydrogen-bond donors (Lipinski definition) is 2. The number of aliphatic hydroxyl groups is 1. The number of benzene rings is 2. The van der Waals surface area contributed by atoms with Crippen molar-refractivity contribution in [2.45, 2.75) is 46.6 Å². The molecule has 3 aromatic rings. The van der Waals surface area contributed by atoms with Crippen molar-refractivity contribution in [1.29, 1.82) is 0 Å². The van der Waals surface area contributed by atoms with E-state index in [-0.39, 0.29) is 0 Å². The number of methoxy groups -OCH3 is 2. The van der Waals surface area contributed by atoms with Crippen LogP contribution in [0.25, 0.3) is 10.9 Å². The zero-order valence-electron chi connectivity index (χ0n) is 20.7. The minimum Gasteiger partial charge on any atom is -0.497 e. The fraction of sp³-hybridized carbons (Fsp3) is 0.423. The molecule has 1 aromatic heterocycles. The van der Waals surface area contributed by atoms with Crippen molar-refractivity contribution in [1.82, 2.24) is 4.98 Å². The van der Waals surface area contributed by atoms with E-state index in [4.69, 9.17) is 20.3 Å². The third-order valence-electron chi connectivity index (χ3n) is 5.03. The van der Waals surface area contributed by atoms with Gasteiger partial charge in [-0.3, -0.25) is 4.98 Å². The smallest absolute Gasteiger partial charge is 0.127 e. The standard InChI is InChI=1S/C23H28BrN3O2.C2H6.CH4O/c1-4-5-6-11-27(15-16-7-9-18(28-2)13-22(16)29-3)23-19-10-8-17(24)12-21(19)26-14-20(23)25;2*1-2/h7-10,12-14H,4-6,11,15,25H2,1-3H3;1-2H3;2H,1H3. The highest BCUT2D eigenvalue weighted by atomic mass is 79.9. The van der Waals surface area contributed by atoms with Gasteiger partial charge in [-0.05, 0) is 36.8 Å². The van der Waals surface area contributed by atoms with Crippen molar-refractivity contribution in [3.8, 4) is 11.5 Å². The summed E-state index contributed by atoms with van der Waals surface area (Å²) >= 11 is 3.54. The van der Waals surface area contributed by atoms with Crippen LogP contribution in [0.2, 0.25) is 0 Å². The minimum absolute atomic E-state index is 0.684. The molecule has 0 saturated carbocycles. The normalized spacial score (nSPS) is 9.94. The predicted octanol–water partition coefficient (Wildman–Crippen LogP) is 6.43. The summed E-state index contributed by atoms with van der Waals surface area (Å²) in [6, 6.07) is 12.1. The maximum Gasteiger partial charge on any atom is 0.127 e. The van der Waals surface area contributed by atoms with Crippen LogP contribution in [0.5, 0.6) is 11.5 Å². The summed E-state index contributed by atoms with van der Waals surface area (Å²) in [5.41, 5.74) is 10.2. The summed E-state index contributed by atoms with van der Waals surface area (Å²) < 4.78 is 12.0. The number of unbranched alkanes of at least 4 members (excludes halogenated alkanes) is 2. The zero-order chi connectivity index (χ0) is 24.8. The van der Waals surface area contributed by atoms with E-state index in [9.17, 15) is 0 Å². The van der Waals surface area contributed by atoms with E-state index in [1.807, 2.05) is 38.1 Å². The van der Waals surface area contributed by atoms with Gasteiger partial charge in [0, 0.05) is 41.7 Å². The van der Waals surface area contributed by atoms with Gasteiger partial charge in [0.05, 0.1) is 37.3 Å². The van der Waals surface area contributed by atoms with Gasteiger partial charge in [0.25, 0.3) is 0 Å². The molecule has 0 radical (unpaired) electrons. The van der Waals surface area contributed by atoms with E-state index in [2.05, 4.69) is 44.9 Å². The molecule has 7 heteroatoms. The Hall–Kier alpha value is -2.51. The minimum atomic E-state index is 0.684. The number of fused-ring (bicyclic) bond motifs is 1. The molecule has 0 fully saturated rings. The monoisotopic (exact) mass is 519 g/mol. The van der Waals surface area contributed by atoms with Gasteiger partial charge in [0.1, 0.15) is 11.5 Å². The van der Waals surface area contributed by atoms with Crippen molar-refractivity contribution < 1.29 is 14.6 Å². The Morgan fingerprint density at radius 3 is 2.39 bits per heavy atom. The molecule has 6 nitrogen and oxygen atoms in total. The number of ether oxygens (including phenoxy) is 2. The Morgan fingerprint density at radius 1 is 1.03 bits per heavy atom. The average molecular weight is 521 g/mol.